The Morgan fingerprint density at radius 3 is 2.48 bits per heavy atom. The molecule has 0 saturated heterocycles. The molecule has 0 unspecified atom stereocenters. The molecule has 0 fully saturated rings. The predicted octanol–water partition coefficient (Wildman–Crippen LogP) is 1.24. The van der Waals surface area contributed by atoms with Crippen LogP contribution in [0.15, 0.2) is 35.7 Å². The van der Waals surface area contributed by atoms with Gasteiger partial charge in [-0.3, -0.25) is 4.79 Å². The standard InChI is InChI=1S/C14H16F3N5O3S.ClH/c1-22-7-13(19-8-22)26(24,25)20-6-12(23)21-11-3-9(5-18)2-10(4-11)14(15,16)17;/h2-4,7-8,20H,5-6,18H2,1H3,(H,21,23);1H. The summed E-state index contributed by atoms with van der Waals surface area (Å²) in [6, 6.07) is 2.89. The number of benzene rings is 1. The molecule has 1 heterocycles. The monoisotopic (exact) mass is 427 g/mol. The molecule has 1 aromatic heterocycles. The van der Waals surface area contributed by atoms with Gasteiger partial charge in [-0.1, -0.05) is 0 Å². The second-order valence-electron chi connectivity index (χ2n) is 5.37. The van der Waals surface area contributed by atoms with Gasteiger partial charge in [-0.2, -0.15) is 13.2 Å². The summed E-state index contributed by atoms with van der Waals surface area (Å²) in [5, 5.41) is 1.93. The molecule has 27 heavy (non-hydrogen) atoms. The molecule has 150 valence electrons. The lowest BCUT2D eigenvalue weighted by atomic mass is 10.1. The van der Waals surface area contributed by atoms with Gasteiger partial charge in [0, 0.05) is 25.5 Å². The van der Waals surface area contributed by atoms with E-state index in [2.05, 4.69) is 10.3 Å². The molecule has 1 aromatic carbocycles. The molecule has 2 aromatic rings. The van der Waals surface area contributed by atoms with Gasteiger partial charge in [0.15, 0.2) is 5.03 Å². The number of aryl methyl sites for hydroxylation is 1. The van der Waals surface area contributed by atoms with Gasteiger partial charge < -0.3 is 15.6 Å². The Kier molecular flexibility index (Phi) is 7.37. The maximum absolute atomic E-state index is 12.9. The number of amides is 1. The first kappa shape index (κ1) is 22.9. The zero-order chi connectivity index (χ0) is 19.5. The molecule has 0 atom stereocenters. The highest BCUT2D eigenvalue weighted by Gasteiger charge is 2.31. The first-order valence-corrected chi connectivity index (χ1v) is 8.68. The fraction of sp³-hybridized carbons (Fsp3) is 0.286. The smallest absolute Gasteiger partial charge is 0.339 e. The van der Waals surface area contributed by atoms with Gasteiger partial charge in [-0.15, -0.1) is 12.4 Å². The van der Waals surface area contributed by atoms with Crippen molar-refractivity contribution in [3.63, 3.8) is 0 Å². The number of aromatic nitrogens is 2. The Labute approximate surface area is 159 Å². The minimum Gasteiger partial charge on any atom is -0.339 e. The lowest BCUT2D eigenvalue weighted by molar-refractivity contribution is -0.137. The van der Waals surface area contributed by atoms with Crippen molar-refractivity contribution >= 4 is 34.0 Å². The van der Waals surface area contributed by atoms with Gasteiger partial charge in [0.1, 0.15) is 0 Å². The summed E-state index contributed by atoms with van der Waals surface area (Å²) < 4.78 is 65.9. The molecule has 0 saturated carbocycles. The normalized spacial score (nSPS) is 11.7. The quantitative estimate of drug-likeness (QED) is 0.640. The van der Waals surface area contributed by atoms with Crippen LogP contribution in [0.3, 0.4) is 0 Å². The average Bonchev–Trinajstić information content (AvgIpc) is 2.99. The third-order valence-electron chi connectivity index (χ3n) is 3.22. The number of nitrogens with zero attached hydrogens (tertiary/aromatic N) is 2. The highest BCUT2D eigenvalue weighted by Crippen LogP contribution is 2.31. The lowest BCUT2D eigenvalue weighted by Gasteiger charge is -2.12. The van der Waals surface area contributed by atoms with E-state index < -0.39 is 34.2 Å². The number of nitrogens with one attached hydrogen (secondary N) is 2. The third kappa shape index (κ3) is 6.20. The number of hydrogen-bond acceptors (Lipinski definition) is 5. The van der Waals surface area contributed by atoms with Crippen molar-refractivity contribution in [1.82, 2.24) is 14.3 Å². The van der Waals surface area contributed by atoms with Crippen LogP contribution in [0, 0.1) is 0 Å². The van der Waals surface area contributed by atoms with E-state index in [4.69, 9.17) is 5.73 Å². The number of halogens is 4. The number of anilines is 1. The van der Waals surface area contributed by atoms with Crippen LogP contribution < -0.4 is 15.8 Å². The summed E-state index contributed by atoms with van der Waals surface area (Å²) in [4.78, 5) is 15.5. The number of imidazole rings is 1. The van der Waals surface area contributed by atoms with Crippen molar-refractivity contribution in [1.29, 1.82) is 0 Å². The molecule has 0 spiro atoms. The van der Waals surface area contributed by atoms with Crippen LogP contribution in [-0.4, -0.2) is 30.4 Å². The largest absolute Gasteiger partial charge is 0.416 e. The summed E-state index contributed by atoms with van der Waals surface area (Å²) >= 11 is 0. The Bertz CT molecular complexity index is 915. The minimum atomic E-state index is -4.61. The van der Waals surface area contributed by atoms with Gasteiger partial charge in [0.05, 0.1) is 18.4 Å². The van der Waals surface area contributed by atoms with Crippen molar-refractivity contribution in [3.05, 3.63) is 41.9 Å². The molecule has 0 radical (unpaired) electrons. The Hall–Kier alpha value is -2.15. The zero-order valence-electron chi connectivity index (χ0n) is 13.9. The highest BCUT2D eigenvalue weighted by molar-refractivity contribution is 7.89. The molecule has 0 bridgehead atoms. The Morgan fingerprint density at radius 1 is 1.30 bits per heavy atom. The van der Waals surface area contributed by atoms with Gasteiger partial charge in [-0.25, -0.2) is 18.1 Å². The van der Waals surface area contributed by atoms with Crippen LogP contribution in [0.1, 0.15) is 11.1 Å². The van der Waals surface area contributed by atoms with Crippen molar-refractivity contribution < 1.29 is 26.4 Å². The average molecular weight is 428 g/mol. The molecule has 8 nitrogen and oxygen atoms in total. The van der Waals surface area contributed by atoms with Gasteiger partial charge in [-0.05, 0) is 23.8 Å². The van der Waals surface area contributed by atoms with Crippen LogP contribution in [-0.2, 0) is 34.6 Å². The van der Waals surface area contributed by atoms with Crippen molar-refractivity contribution in [2.75, 3.05) is 11.9 Å². The molecule has 0 aliphatic carbocycles. The van der Waals surface area contributed by atoms with Gasteiger partial charge >= 0.3 is 6.18 Å². The summed E-state index contributed by atoms with van der Waals surface area (Å²) in [6.45, 7) is -0.827. The van der Waals surface area contributed by atoms with Gasteiger partial charge in [0.2, 0.25) is 5.91 Å². The van der Waals surface area contributed by atoms with E-state index in [1.807, 2.05) is 4.72 Å². The Morgan fingerprint density at radius 2 is 1.96 bits per heavy atom. The molecule has 4 N–H and O–H groups in total. The fourth-order valence-electron chi connectivity index (χ4n) is 2.01. The molecular weight excluding hydrogens is 411 g/mol. The maximum Gasteiger partial charge on any atom is 0.416 e. The van der Waals surface area contributed by atoms with Gasteiger partial charge in [0.25, 0.3) is 10.0 Å². The van der Waals surface area contributed by atoms with Crippen LogP contribution >= 0.6 is 12.4 Å². The highest BCUT2D eigenvalue weighted by atomic mass is 35.5. The van der Waals surface area contributed by atoms with E-state index in [1.165, 1.54) is 23.2 Å². The predicted molar refractivity (Wildman–Crippen MR) is 93.6 cm³/mol. The third-order valence-corrected chi connectivity index (χ3v) is 4.50. The van der Waals surface area contributed by atoms with Crippen LogP contribution in [0.25, 0.3) is 0 Å². The van der Waals surface area contributed by atoms with Crippen LogP contribution in [0.4, 0.5) is 18.9 Å². The number of hydrogen-bond donors (Lipinski definition) is 3. The Balaban J connectivity index is 0.00000364. The van der Waals surface area contributed by atoms with Crippen LogP contribution in [0.2, 0.25) is 0 Å². The van der Waals surface area contributed by atoms with E-state index in [9.17, 15) is 26.4 Å². The van der Waals surface area contributed by atoms with E-state index >= 15 is 0 Å². The topological polar surface area (TPSA) is 119 Å². The zero-order valence-corrected chi connectivity index (χ0v) is 15.6. The number of carbonyl (C=O) groups excluding carboxylic acids is 1. The lowest BCUT2D eigenvalue weighted by Crippen LogP contribution is -2.33. The molecule has 0 aliphatic heterocycles. The van der Waals surface area contributed by atoms with Crippen LogP contribution in [0.5, 0.6) is 0 Å². The maximum atomic E-state index is 12.9. The first-order valence-electron chi connectivity index (χ1n) is 7.20. The summed E-state index contributed by atoms with van der Waals surface area (Å²) in [5.41, 5.74) is 4.43. The summed E-state index contributed by atoms with van der Waals surface area (Å²) in [5.74, 6) is -0.841. The van der Waals surface area contributed by atoms with E-state index in [0.29, 0.717) is 0 Å². The second-order valence-corrected chi connectivity index (χ2v) is 7.08. The van der Waals surface area contributed by atoms with Crippen molar-refractivity contribution in [2.45, 2.75) is 17.7 Å². The number of carbonyl (C=O) groups is 1. The van der Waals surface area contributed by atoms with E-state index in [1.54, 1.807) is 7.05 Å². The summed E-state index contributed by atoms with van der Waals surface area (Å²) in [6.07, 6.45) is -2.10. The molecule has 0 aliphatic rings. The number of alkyl halides is 3. The number of rotatable bonds is 6. The van der Waals surface area contributed by atoms with E-state index in [0.717, 1.165) is 12.1 Å². The first-order chi connectivity index (χ1) is 12.0. The molecule has 2 rings (SSSR count). The van der Waals surface area contributed by atoms with E-state index in [-0.39, 0.29) is 35.2 Å². The molecular formula is C14H17ClF3N5O3S. The second kappa shape index (κ2) is 8.69. The number of sulfonamides is 1. The molecule has 1 amide bonds. The SMILES string of the molecule is Cl.Cn1cnc(S(=O)(=O)NCC(=O)Nc2cc(CN)cc(C(F)(F)F)c2)c1. The van der Waals surface area contributed by atoms with Crippen molar-refractivity contribution in [3.8, 4) is 0 Å². The van der Waals surface area contributed by atoms with Crippen molar-refractivity contribution in [2.24, 2.45) is 12.8 Å². The minimum absolute atomic E-state index is 0. The fourth-order valence-corrected chi connectivity index (χ4v) is 2.97. The number of nitrogens with two attached hydrogens (primary N) is 1. The molecule has 13 heteroatoms. The summed E-state index contributed by atoms with van der Waals surface area (Å²) in [7, 11) is -2.44.